The van der Waals surface area contributed by atoms with E-state index in [4.69, 9.17) is 19.4 Å². The second-order valence-corrected chi connectivity index (χ2v) is 13.6. The minimum atomic E-state index is 0.621. The number of nitrogens with zero attached hydrogens (tertiary/aromatic N) is 3. The Morgan fingerprint density at radius 3 is 1.70 bits per heavy atom. The maximum atomic E-state index is 6.31. The monoisotopic (exact) mass is 675 g/mol. The quantitative estimate of drug-likeness (QED) is 0.174. The number of para-hydroxylation sites is 1. The Morgan fingerprint density at radius 2 is 0.868 bits per heavy atom. The Morgan fingerprint density at radius 1 is 0.302 bits per heavy atom. The maximum absolute atomic E-state index is 6.31. The first-order valence-corrected chi connectivity index (χ1v) is 17.9. The Labute approximate surface area is 304 Å². The van der Waals surface area contributed by atoms with E-state index in [0.717, 1.165) is 65.9 Å². The smallest absolute Gasteiger partial charge is 0.164 e. The highest BCUT2D eigenvalue weighted by Crippen LogP contribution is 2.41. The van der Waals surface area contributed by atoms with Gasteiger partial charge in [-0.2, -0.15) is 0 Å². The molecular formula is C49H29N3O. The van der Waals surface area contributed by atoms with Crippen molar-refractivity contribution in [1.29, 1.82) is 0 Å². The maximum Gasteiger partial charge on any atom is 0.164 e. The number of hydrogen-bond donors (Lipinski definition) is 0. The molecule has 2 aromatic heterocycles. The first-order chi connectivity index (χ1) is 26.2. The fraction of sp³-hybridized carbons (Fsp3) is 0. The number of aromatic nitrogens is 3. The van der Waals surface area contributed by atoms with E-state index in [-0.39, 0.29) is 0 Å². The van der Waals surface area contributed by atoms with Gasteiger partial charge in [0.15, 0.2) is 17.5 Å². The van der Waals surface area contributed by atoms with Crippen LogP contribution in [0.4, 0.5) is 0 Å². The first-order valence-electron chi connectivity index (χ1n) is 17.9. The molecule has 0 radical (unpaired) electrons. The van der Waals surface area contributed by atoms with Crippen molar-refractivity contribution in [1.82, 2.24) is 15.0 Å². The zero-order valence-electron chi connectivity index (χ0n) is 28.5. The SMILES string of the molecule is c1ccc(-c2nc(-c3cc(-c4cccc5oc6ccccc6c45)c4ccccc4c3)nc(-c3ccc4c(ccc5c6ccccc6ccc45)c3)n2)cc1. The third-order valence-electron chi connectivity index (χ3n) is 10.5. The van der Waals surface area contributed by atoms with Gasteiger partial charge in [-0.25, -0.2) is 15.0 Å². The van der Waals surface area contributed by atoms with Crippen molar-refractivity contribution in [3.05, 3.63) is 176 Å². The molecule has 11 aromatic rings. The molecule has 0 aliphatic heterocycles. The van der Waals surface area contributed by atoms with Crippen LogP contribution in [0, 0.1) is 0 Å². The summed E-state index contributed by atoms with van der Waals surface area (Å²) >= 11 is 0. The predicted molar refractivity (Wildman–Crippen MR) is 219 cm³/mol. The second-order valence-electron chi connectivity index (χ2n) is 13.6. The third-order valence-corrected chi connectivity index (χ3v) is 10.5. The summed E-state index contributed by atoms with van der Waals surface area (Å²) in [4.78, 5) is 15.4. The highest BCUT2D eigenvalue weighted by atomic mass is 16.3. The van der Waals surface area contributed by atoms with Crippen LogP contribution in [-0.2, 0) is 0 Å². The van der Waals surface area contributed by atoms with Gasteiger partial charge in [-0.05, 0) is 84.5 Å². The van der Waals surface area contributed by atoms with Crippen molar-refractivity contribution in [2.75, 3.05) is 0 Å². The minimum Gasteiger partial charge on any atom is -0.456 e. The summed E-state index contributed by atoms with van der Waals surface area (Å²) in [6, 6.07) is 61.7. The largest absolute Gasteiger partial charge is 0.456 e. The Hall–Kier alpha value is -7.17. The molecule has 11 rings (SSSR count). The van der Waals surface area contributed by atoms with Crippen LogP contribution in [0.25, 0.3) is 110 Å². The van der Waals surface area contributed by atoms with Gasteiger partial charge in [0.1, 0.15) is 11.2 Å². The van der Waals surface area contributed by atoms with E-state index < -0.39 is 0 Å². The molecule has 9 aromatic carbocycles. The normalized spacial score (nSPS) is 11.8. The third kappa shape index (κ3) is 4.80. The van der Waals surface area contributed by atoms with Crippen molar-refractivity contribution >= 4 is 65.0 Å². The van der Waals surface area contributed by atoms with Crippen molar-refractivity contribution < 1.29 is 4.42 Å². The molecule has 0 saturated carbocycles. The standard InChI is InChI=1S/C49H29N3O/c1-2-12-31(13-3-1)47-50-48(34-23-24-38-33(27-34)22-26-39-36-15-6-4-11-30(36)21-25-40(38)39)52-49(51-47)35-28-32-14-5-7-16-37(32)43(29-35)41-18-10-20-45-46(41)42-17-8-9-19-44(42)53-45/h1-29H. The zero-order chi connectivity index (χ0) is 34.9. The Kier molecular flexibility index (Phi) is 6.52. The lowest BCUT2D eigenvalue weighted by Crippen LogP contribution is -2.00. The van der Waals surface area contributed by atoms with Gasteiger partial charge in [0, 0.05) is 27.5 Å². The molecule has 0 amide bonds. The van der Waals surface area contributed by atoms with Crippen LogP contribution in [0.1, 0.15) is 0 Å². The second kappa shape index (κ2) is 11.7. The molecular weight excluding hydrogens is 647 g/mol. The van der Waals surface area contributed by atoms with Crippen molar-refractivity contribution in [2.24, 2.45) is 0 Å². The van der Waals surface area contributed by atoms with Crippen LogP contribution in [-0.4, -0.2) is 15.0 Å². The van der Waals surface area contributed by atoms with Crippen LogP contribution >= 0.6 is 0 Å². The topological polar surface area (TPSA) is 51.8 Å². The lowest BCUT2D eigenvalue weighted by Gasteiger charge is -2.13. The molecule has 0 bridgehead atoms. The average molecular weight is 676 g/mol. The Balaban J connectivity index is 1.13. The number of rotatable bonds is 4. The summed E-state index contributed by atoms with van der Waals surface area (Å²) in [7, 11) is 0. The van der Waals surface area contributed by atoms with E-state index in [2.05, 4.69) is 140 Å². The minimum absolute atomic E-state index is 0.621. The molecule has 246 valence electrons. The fourth-order valence-electron chi connectivity index (χ4n) is 7.98. The molecule has 4 nitrogen and oxygen atoms in total. The van der Waals surface area contributed by atoms with Crippen molar-refractivity contribution in [3.8, 4) is 45.3 Å². The highest BCUT2D eigenvalue weighted by molar-refractivity contribution is 6.18. The number of furan rings is 1. The zero-order valence-corrected chi connectivity index (χ0v) is 28.5. The molecule has 0 aliphatic carbocycles. The average Bonchev–Trinajstić information content (AvgIpc) is 3.62. The van der Waals surface area contributed by atoms with E-state index in [1.54, 1.807) is 0 Å². The lowest BCUT2D eigenvalue weighted by molar-refractivity contribution is 0.669. The van der Waals surface area contributed by atoms with Crippen LogP contribution < -0.4 is 0 Å². The summed E-state index contributed by atoms with van der Waals surface area (Å²) in [5.74, 6) is 1.88. The van der Waals surface area contributed by atoms with Crippen LogP contribution in [0.3, 0.4) is 0 Å². The first kappa shape index (κ1) is 29.5. The van der Waals surface area contributed by atoms with Gasteiger partial charge >= 0.3 is 0 Å². The number of fused-ring (bicyclic) bond motifs is 9. The molecule has 0 fully saturated rings. The van der Waals surface area contributed by atoms with Crippen LogP contribution in [0.15, 0.2) is 180 Å². The molecule has 2 heterocycles. The van der Waals surface area contributed by atoms with E-state index in [9.17, 15) is 0 Å². The van der Waals surface area contributed by atoms with E-state index in [1.807, 2.05) is 36.4 Å². The van der Waals surface area contributed by atoms with E-state index in [1.165, 1.54) is 26.9 Å². The van der Waals surface area contributed by atoms with Gasteiger partial charge < -0.3 is 4.42 Å². The molecule has 0 unspecified atom stereocenters. The van der Waals surface area contributed by atoms with Crippen LogP contribution in [0.2, 0.25) is 0 Å². The summed E-state index contributed by atoms with van der Waals surface area (Å²) < 4.78 is 6.31. The molecule has 0 aliphatic rings. The van der Waals surface area contributed by atoms with Gasteiger partial charge in [0.05, 0.1) is 0 Å². The fourth-order valence-corrected chi connectivity index (χ4v) is 7.98. The summed E-state index contributed by atoms with van der Waals surface area (Å²) in [5.41, 5.74) is 6.75. The molecule has 0 spiro atoms. The Bertz CT molecular complexity index is 3240. The van der Waals surface area contributed by atoms with E-state index in [0.29, 0.717) is 17.5 Å². The number of benzene rings is 9. The number of hydrogen-bond acceptors (Lipinski definition) is 4. The summed E-state index contributed by atoms with van der Waals surface area (Å²) in [5, 5.41) is 11.8. The van der Waals surface area contributed by atoms with Crippen molar-refractivity contribution in [3.63, 3.8) is 0 Å². The van der Waals surface area contributed by atoms with Gasteiger partial charge in [-0.3, -0.25) is 0 Å². The van der Waals surface area contributed by atoms with Crippen molar-refractivity contribution in [2.45, 2.75) is 0 Å². The van der Waals surface area contributed by atoms with Gasteiger partial charge in [0.25, 0.3) is 0 Å². The van der Waals surface area contributed by atoms with Gasteiger partial charge in [-0.15, -0.1) is 0 Å². The molecule has 53 heavy (non-hydrogen) atoms. The van der Waals surface area contributed by atoms with Crippen LogP contribution in [0.5, 0.6) is 0 Å². The van der Waals surface area contributed by atoms with Gasteiger partial charge in [0.2, 0.25) is 0 Å². The molecule has 0 saturated heterocycles. The summed E-state index contributed by atoms with van der Waals surface area (Å²) in [6.07, 6.45) is 0. The van der Waals surface area contributed by atoms with Gasteiger partial charge in [-0.1, -0.05) is 146 Å². The highest BCUT2D eigenvalue weighted by Gasteiger charge is 2.18. The molecule has 0 N–H and O–H groups in total. The lowest BCUT2D eigenvalue weighted by atomic mass is 9.92. The van der Waals surface area contributed by atoms with E-state index >= 15 is 0 Å². The summed E-state index contributed by atoms with van der Waals surface area (Å²) in [6.45, 7) is 0. The molecule has 4 heteroatoms. The molecule has 0 atom stereocenters. The predicted octanol–water partition coefficient (Wildman–Crippen LogP) is 13.1.